The third kappa shape index (κ3) is 4.99. The van der Waals surface area contributed by atoms with Crippen LogP contribution in [0.5, 0.6) is 0 Å². The number of hydrogen-bond donors (Lipinski definition) is 2. The molecule has 0 fully saturated rings. The Balaban J connectivity index is 1.50. The van der Waals surface area contributed by atoms with Gasteiger partial charge in [0.25, 0.3) is 5.91 Å². The van der Waals surface area contributed by atoms with Crippen LogP contribution in [0.1, 0.15) is 49.4 Å². The van der Waals surface area contributed by atoms with Crippen LogP contribution in [0.15, 0.2) is 48.7 Å². The van der Waals surface area contributed by atoms with E-state index in [2.05, 4.69) is 41.6 Å². The van der Waals surface area contributed by atoms with Crippen molar-refractivity contribution in [2.24, 2.45) is 0 Å². The highest BCUT2D eigenvalue weighted by atomic mass is 16.2. The standard InChI is InChI=1S/C22H27N5O2/c1-15(24-21(29)16-8-10-17(11-9-16)22(2,3)4)20(28)23-13-12-19-26-25-18-7-5-6-14-27(18)19/h5-11,14-15H,12-13H2,1-4H3,(H,23,28)(H,24,29). The van der Waals surface area contributed by atoms with Gasteiger partial charge in [-0.2, -0.15) is 0 Å². The minimum Gasteiger partial charge on any atom is -0.354 e. The van der Waals surface area contributed by atoms with Gasteiger partial charge < -0.3 is 10.6 Å². The van der Waals surface area contributed by atoms with Gasteiger partial charge in [-0.25, -0.2) is 0 Å². The van der Waals surface area contributed by atoms with Crippen molar-refractivity contribution in [3.63, 3.8) is 0 Å². The minimum absolute atomic E-state index is 0.0257. The van der Waals surface area contributed by atoms with Crippen LogP contribution in [0.4, 0.5) is 0 Å². The topological polar surface area (TPSA) is 88.4 Å². The lowest BCUT2D eigenvalue weighted by Crippen LogP contribution is -2.45. The summed E-state index contributed by atoms with van der Waals surface area (Å²) in [6.45, 7) is 8.45. The van der Waals surface area contributed by atoms with E-state index in [1.807, 2.05) is 40.9 Å². The molecule has 0 spiro atoms. The van der Waals surface area contributed by atoms with Crippen LogP contribution in [0.3, 0.4) is 0 Å². The number of aromatic nitrogens is 3. The number of carbonyl (C=O) groups excluding carboxylic acids is 2. The van der Waals surface area contributed by atoms with Crippen molar-refractivity contribution in [2.45, 2.75) is 45.6 Å². The monoisotopic (exact) mass is 393 g/mol. The van der Waals surface area contributed by atoms with Gasteiger partial charge in [0.1, 0.15) is 11.9 Å². The second-order valence-corrected chi connectivity index (χ2v) is 8.11. The average Bonchev–Trinajstić information content (AvgIpc) is 3.10. The van der Waals surface area contributed by atoms with E-state index in [0.29, 0.717) is 18.5 Å². The molecular formula is C22H27N5O2. The van der Waals surface area contributed by atoms with Gasteiger partial charge in [0.2, 0.25) is 5.91 Å². The van der Waals surface area contributed by atoms with Crippen LogP contribution in [0.25, 0.3) is 5.65 Å². The van der Waals surface area contributed by atoms with Crippen molar-refractivity contribution < 1.29 is 9.59 Å². The zero-order valence-corrected chi connectivity index (χ0v) is 17.3. The van der Waals surface area contributed by atoms with Gasteiger partial charge >= 0.3 is 0 Å². The molecule has 1 atom stereocenters. The number of pyridine rings is 1. The Morgan fingerprint density at radius 2 is 1.79 bits per heavy atom. The minimum atomic E-state index is -0.639. The van der Waals surface area contributed by atoms with Crippen LogP contribution in [-0.4, -0.2) is 39.0 Å². The van der Waals surface area contributed by atoms with E-state index in [0.717, 1.165) is 17.0 Å². The highest BCUT2D eigenvalue weighted by Crippen LogP contribution is 2.22. The number of amides is 2. The second kappa shape index (κ2) is 8.43. The van der Waals surface area contributed by atoms with Gasteiger partial charge in [-0.05, 0) is 42.2 Å². The molecule has 7 heteroatoms. The van der Waals surface area contributed by atoms with Gasteiger partial charge in [0.15, 0.2) is 5.65 Å². The van der Waals surface area contributed by atoms with Crippen molar-refractivity contribution in [3.05, 3.63) is 65.6 Å². The molecule has 1 aromatic carbocycles. The molecule has 0 bridgehead atoms. The number of hydrogen-bond acceptors (Lipinski definition) is 4. The third-order valence-corrected chi connectivity index (χ3v) is 4.79. The number of fused-ring (bicyclic) bond motifs is 1. The third-order valence-electron chi connectivity index (χ3n) is 4.79. The number of benzene rings is 1. The van der Waals surface area contributed by atoms with Crippen LogP contribution >= 0.6 is 0 Å². The Morgan fingerprint density at radius 1 is 1.07 bits per heavy atom. The Kier molecular flexibility index (Phi) is 5.96. The van der Waals surface area contributed by atoms with Crippen molar-refractivity contribution in [1.82, 2.24) is 25.2 Å². The smallest absolute Gasteiger partial charge is 0.251 e. The van der Waals surface area contributed by atoms with E-state index in [9.17, 15) is 9.59 Å². The summed E-state index contributed by atoms with van der Waals surface area (Å²) in [6, 6.07) is 12.5. The lowest BCUT2D eigenvalue weighted by molar-refractivity contribution is -0.122. The number of rotatable bonds is 6. The first-order valence-electron chi connectivity index (χ1n) is 9.73. The summed E-state index contributed by atoms with van der Waals surface area (Å²) in [5.41, 5.74) is 2.48. The maximum atomic E-state index is 12.4. The molecule has 29 heavy (non-hydrogen) atoms. The van der Waals surface area contributed by atoms with Gasteiger partial charge in [-0.15, -0.1) is 10.2 Å². The summed E-state index contributed by atoms with van der Waals surface area (Å²) in [7, 11) is 0. The molecule has 2 aromatic heterocycles. The Labute approximate surface area is 170 Å². The zero-order chi connectivity index (χ0) is 21.0. The normalized spacial score (nSPS) is 12.6. The zero-order valence-electron chi connectivity index (χ0n) is 17.3. The van der Waals surface area contributed by atoms with Gasteiger partial charge in [0, 0.05) is 24.7 Å². The van der Waals surface area contributed by atoms with E-state index < -0.39 is 6.04 Å². The first-order chi connectivity index (χ1) is 13.8. The summed E-state index contributed by atoms with van der Waals surface area (Å²) in [5.74, 6) is 0.270. The summed E-state index contributed by atoms with van der Waals surface area (Å²) in [4.78, 5) is 24.7. The summed E-state index contributed by atoms with van der Waals surface area (Å²) >= 11 is 0. The average molecular weight is 393 g/mol. The fourth-order valence-corrected chi connectivity index (χ4v) is 2.98. The van der Waals surface area contributed by atoms with Crippen LogP contribution in [0, 0.1) is 0 Å². The highest BCUT2D eigenvalue weighted by Gasteiger charge is 2.18. The molecule has 3 aromatic rings. The molecule has 2 amide bonds. The van der Waals surface area contributed by atoms with E-state index in [4.69, 9.17) is 0 Å². The van der Waals surface area contributed by atoms with Crippen molar-refractivity contribution >= 4 is 17.5 Å². The Hall–Kier alpha value is -3.22. The predicted molar refractivity (Wildman–Crippen MR) is 112 cm³/mol. The van der Waals surface area contributed by atoms with Crippen LogP contribution < -0.4 is 10.6 Å². The summed E-state index contributed by atoms with van der Waals surface area (Å²) < 4.78 is 1.89. The van der Waals surface area contributed by atoms with E-state index in [1.165, 1.54) is 0 Å². The largest absolute Gasteiger partial charge is 0.354 e. The van der Waals surface area contributed by atoms with E-state index >= 15 is 0 Å². The molecule has 2 N–H and O–H groups in total. The number of nitrogens with zero attached hydrogens (tertiary/aromatic N) is 3. The number of nitrogens with one attached hydrogen (secondary N) is 2. The fraction of sp³-hybridized carbons (Fsp3) is 0.364. The summed E-state index contributed by atoms with van der Waals surface area (Å²) in [6.07, 6.45) is 2.44. The molecule has 0 saturated heterocycles. The molecule has 3 rings (SSSR count). The first kappa shape index (κ1) is 20.5. The lowest BCUT2D eigenvalue weighted by atomic mass is 9.86. The molecule has 152 valence electrons. The maximum Gasteiger partial charge on any atom is 0.251 e. The predicted octanol–water partition coefficient (Wildman–Crippen LogP) is 2.50. The van der Waals surface area contributed by atoms with Crippen molar-refractivity contribution in [2.75, 3.05) is 6.54 Å². The van der Waals surface area contributed by atoms with Crippen LogP contribution in [-0.2, 0) is 16.6 Å². The molecule has 1 unspecified atom stereocenters. The fourth-order valence-electron chi connectivity index (χ4n) is 2.98. The van der Waals surface area contributed by atoms with E-state index in [1.54, 1.807) is 19.1 Å². The maximum absolute atomic E-state index is 12.4. The molecule has 0 radical (unpaired) electrons. The summed E-state index contributed by atoms with van der Waals surface area (Å²) in [5, 5.41) is 13.8. The Morgan fingerprint density at radius 3 is 2.48 bits per heavy atom. The Bertz CT molecular complexity index is 1000. The lowest BCUT2D eigenvalue weighted by Gasteiger charge is -2.19. The van der Waals surface area contributed by atoms with Gasteiger partial charge in [-0.3, -0.25) is 14.0 Å². The molecule has 0 aliphatic carbocycles. The SMILES string of the molecule is CC(NC(=O)c1ccc(C(C)(C)C)cc1)C(=O)NCCc1nnc2ccccn12. The molecule has 0 aliphatic rings. The quantitative estimate of drug-likeness (QED) is 0.673. The molecule has 0 aliphatic heterocycles. The van der Waals surface area contributed by atoms with Gasteiger partial charge in [0.05, 0.1) is 0 Å². The number of carbonyl (C=O) groups is 2. The second-order valence-electron chi connectivity index (χ2n) is 8.11. The van der Waals surface area contributed by atoms with E-state index in [-0.39, 0.29) is 17.2 Å². The van der Waals surface area contributed by atoms with Crippen molar-refractivity contribution in [3.8, 4) is 0 Å². The van der Waals surface area contributed by atoms with Crippen LogP contribution in [0.2, 0.25) is 0 Å². The molecular weight excluding hydrogens is 366 g/mol. The highest BCUT2D eigenvalue weighted by molar-refractivity contribution is 5.97. The molecule has 7 nitrogen and oxygen atoms in total. The van der Waals surface area contributed by atoms with Crippen molar-refractivity contribution in [1.29, 1.82) is 0 Å². The molecule has 2 heterocycles. The first-order valence-corrected chi connectivity index (χ1v) is 9.73. The molecule has 0 saturated carbocycles. The van der Waals surface area contributed by atoms with Gasteiger partial charge in [-0.1, -0.05) is 39.0 Å².